The fraction of sp³-hybridized carbons (Fsp3) is 0.429. The SMILES string of the molecule is C[C@H]1C[C@]1(C1=NC(=C=O)ON1)n1c(C(=O)O)cc2cc(C3CCOCC3)ccc21. The number of nitrogens with zero attached hydrogens (tertiary/aromatic N) is 2. The van der Waals surface area contributed by atoms with Crippen molar-refractivity contribution in [1.82, 2.24) is 10.0 Å². The number of hydrogen-bond acceptors (Lipinski definition) is 6. The second-order valence-corrected chi connectivity index (χ2v) is 7.98. The number of ether oxygens (including phenoxy) is 1. The van der Waals surface area contributed by atoms with Crippen molar-refractivity contribution in [2.75, 3.05) is 13.2 Å². The molecule has 2 atom stereocenters. The first-order valence-corrected chi connectivity index (χ1v) is 9.78. The molecule has 0 amide bonds. The minimum atomic E-state index is -1.00. The Morgan fingerprint density at radius 2 is 2.10 bits per heavy atom. The van der Waals surface area contributed by atoms with E-state index in [1.807, 2.05) is 17.6 Å². The zero-order valence-electron chi connectivity index (χ0n) is 16.0. The van der Waals surface area contributed by atoms with Gasteiger partial charge >= 0.3 is 11.9 Å². The Hall–Kier alpha value is -3.09. The fourth-order valence-electron chi connectivity index (χ4n) is 4.73. The van der Waals surface area contributed by atoms with Gasteiger partial charge in [-0.2, -0.15) is 4.99 Å². The smallest absolute Gasteiger partial charge is 0.352 e. The van der Waals surface area contributed by atoms with Gasteiger partial charge < -0.3 is 19.2 Å². The fourth-order valence-corrected chi connectivity index (χ4v) is 4.73. The Morgan fingerprint density at radius 1 is 1.34 bits per heavy atom. The first-order chi connectivity index (χ1) is 14.0. The second kappa shape index (κ2) is 6.47. The summed E-state index contributed by atoms with van der Waals surface area (Å²) in [6, 6.07) is 7.89. The first kappa shape index (κ1) is 18.0. The third kappa shape index (κ3) is 2.68. The number of aliphatic imine (C=N–C) groups is 1. The molecule has 2 N–H and O–H groups in total. The second-order valence-electron chi connectivity index (χ2n) is 7.98. The van der Waals surface area contributed by atoms with Gasteiger partial charge in [0, 0.05) is 24.1 Å². The van der Waals surface area contributed by atoms with Crippen LogP contribution in [0.5, 0.6) is 0 Å². The molecule has 2 aliphatic heterocycles. The van der Waals surface area contributed by atoms with Crippen molar-refractivity contribution in [2.45, 2.75) is 37.6 Å². The number of fused-ring (bicyclic) bond motifs is 1. The predicted octanol–water partition coefficient (Wildman–Crippen LogP) is 2.57. The summed E-state index contributed by atoms with van der Waals surface area (Å²) in [5, 5.41) is 10.8. The van der Waals surface area contributed by atoms with E-state index in [1.165, 1.54) is 5.56 Å². The van der Waals surface area contributed by atoms with Gasteiger partial charge in [-0.3, -0.25) is 0 Å². The van der Waals surface area contributed by atoms with E-state index in [0.717, 1.165) is 37.0 Å². The predicted molar refractivity (Wildman–Crippen MR) is 104 cm³/mol. The molecular formula is C21H21N3O5. The highest BCUT2D eigenvalue weighted by molar-refractivity contribution is 6.01. The summed E-state index contributed by atoms with van der Waals surface area (Å²) >= 11 is 0. The number of carboxylic acid groups (broad SMARTS) is 1. The topological polar surface area (TPSA) is 102 Å². The van der Waals surface area contributed by atoms with Gasteiger partial charge in [0.05, 0.1) is 0 Å². The van der Waals surface area contributed by atoms with Crippen molar-refractivity contribution in [3.8, 4) is 0 Å². The van der Waals surface area contributed by atoms with Crippen LogP contribution in [0.1, 0.15) is 48.2 Å². The van der Waals surface area contributed by atoms with E-state index < -0.39 is 11.5 Å². The lowest BCUT2D eigenvalue weighted by molar-refractivity contribution is 0.0683. The molecule has 1 saturated heterocycles. The average Bonchev–Trinajstić information content (AvgIpc) is 3.12. The van der Waals surface area contributed by atoms with Crippen LogP contribution in [0.15, 0.2) is 35.1 Å². The molecule has 1 aromatic carbocycles. The lowest BCUT2D eigenvalue weighted by Crippen LogP contribution is -2.38. The Labute approximate surface area is 166 Å². The number of benzene rings is 1. The van der Waals surface area contributed by atoms with Crippen LogP contribution in [0.25, 0.3) is 10.9 Å². The third-order valence-corrected chi connectivity index (χ3v) is 6.36. The van der Waals surface area contributed by atoms with E-state index in [4.69, 9.17) is 9.57 Å². The van der Waals surface area contributed by atoms with E-state index in [-0.39, 0.29) is 17.5 Å². The Bertz CT molecular complexity index is 1090. The van der Waals surface area contributed by atoms with Crippen molar-refractivity contribution in [1.29, 1.82) is 0 Å². The van der Waals surface area contributed by atoms with Gasteiger partial charge in [0.15, 0.2) is 11.8 Å². The van der Waals surface area contributed by atoms with E-state index in [1.54, 1.807) is 12.0 Å². The molecule has 1 aliphatic carbocycles. The molecule has 0 bridgehead atoms. The van der Waals surface area contributed by atoms with Crippen LogP contribution in [-0.2, 0) is 19.9 Å². The van der Waals surface area contributed by atoms with E-state index in [9.17, 15) is 14.7 Å². The standard InChI is InChI=1S/C21H21N3O5/c1-12-10-21(12,20-22-18(11-25)29-23-20)24-16-3-2-14(13-4-6-28-7-5-13)8-15(16)9-17(24)19(26)27/h2-3,8-9,12-13H,4-7,10H2,1H3,(H,22,23)(H,26,27)/t12-,21-/m0/s1. The summed E-state index contributed by atoms with van der Waals surface area (Å²) in [5.74, 6) is 1.45. The summed E-state index contributed by atoms with van der Waals surface area (Å²) in [6.45, 7) is 3.53. The highest BCUT2D eigenvalue weighted by Crippen LogP contribution is 2.54. The molecule has 2 fully saturated rings. The zero-order valence-corrected chi connectivity index (χ0v) is 16.0. The third-order valence-electron chi connectivity index (χ3n) is 6.36. The number of carbonyl (C=O) groups is 1. The molecule has 0 radical (unpaired) electrons. The van der Waals surface area contributed by atoms with Gasteiger partial charge in [-0.25, -0.2) is 15.1 Å². The Morgan fingerprint density at radius 3 is 2.72 bits per heavy atom. The van der Waals surface area contributed by atoms with Gasteiger partial charge in [0.1, 0.15) is 11.2 Å². The number of aromatic nitrogens is 1. The number of amidine groups is 1. The largest absolute Gasteiger partial charge is 0.477 e. The summed E-state index contributed by atoms with van der Waals surface area (Å²) in [7, 11) is 0. The van der Waals surface area contributed by atoms with Crippen LogP contribution in [0, 0.1) is 5.92 Å². The van der Waals surface area contributed by atoms with Gasteiger partial charge in [-0.15, -0.1) is 0 Å². The minimum Gasteiger partial charge on any atom is -0.477 e. The van der Waals surface area contributed by atoms with E-state index in [0.29, 0.717) is 18.2 Å². The maximum Gasteiger partial charge on any atom is 0.352 e. The normalized spacial score (nSPS) is 26.6. The maximum absolute atomic E-state index is 12.1. The van der Waals surface area contributed by atoms with Crippen molar-refractivity contribution in [3.63, 3.8) is 0 Å². The molecule has 1 saturated carbocycles. The molecule has 5 rings (SSSR count). The first-order valence-electron chi connectivity index (χ1n) is 9.78. The van der Waals surface area contributed by atoms with Crippen LogP contribution >= 0.6 is 0 Å². The van der Waals surface area contributed by atoms with E-state index in [2.05, 4.69) is 22.6 Å². The quantitative estimate of drug-likeness (QED) is 0.772. The van der Waals surface area contributed by atoms with Crippen LogP contribution in [-0.4, -0.2) is 40.6 Å². The lowest BCUT2D eigenvalue weighted by Gasteiger charge is -2.23. The zero-order chi connectivity index (χ0) is 20.2. The molecular weight excluding hydrogens is 374 g/mol. The van der Waals surface area contributed by atoms with Crippen LogP contribution in [0.3, 0.4) is 0 Å². The van der Waals surface area contributed by atoms with Crippen LogP contribution in [0.2, 0.25) is 0 Å². The van der Waals surface area contributed by atoms with Gasteiger partial charge in [0.2, 0.25) is 0 Å². The number of carboxylic acids is 1. The molecule has 0 spiro atoms. The van der Waals surface area contributed by atoms with Crippen LogP contribution < -0.4 is 5.48 Å². The lowest BCUT2D eigenvalue weighted by atomic mass is 9.91. The summed E-state index contributed by atoms with van der Waals surface area (Å²) in [5.41, 5.74) is 4.24. The monoisotopic (exact) mass is 395 g/mol. The van der Waals surface area contributed by atoms with Gasteiger partial charge in [-0.1, -0.05) is 13.0 Å². The number of nitrogens with one attached hydrogen (secondary N) is 1. The van der Waals surface area contributed by atoms with Crippen molar-refractivity contribution >= 4 is 28.6 Å². The van der Waals surface area contributed by atoms with Crippen molar-refractivity contribution in [2.24, 2.45) is 10.9 Å². The summed E-state index contributed by atoms with van der Waals surface area (Å²) in [6.07, 6.45) is 2.63. The summed E-state index contributed by atoms with van der Waals surface area (Å²) in [4.78, 5) is 32.3. The molecule has 3 heterocycles. The molecule has 1 aromatic heterocycles. The van der Waals surface area contributed by atoms with Crippen LogP contribution in [0.4, 0.5) is 0 Å². The molecule has 29 heavy (non-hydrogen) atoms. The molecule has 8 nitrogen and oxygen atoms in total. The number of carbonyl (C=O) groups excluding carboxylic acids is 1. The number of hydrogen-bond donors (Lipinski definition) is 2. The highest BCUT2D eigenvalue weighted by Gasteiger charge is 2.60. The maximum atomic E-state index is 12.1. The molecule has 150 valence electrons. The minimum absolute atomic E-state index is 0.132. The molecule has 3 aliphatic rings. The van der Waals surface area contributed by atoms with Crippen molar-refractivity contribution in [3.05, 3.63) is 41.4 Å². The number of aromatic carboxylic acids is 1. The molecule has 2 aromatic rings. The van der Waals surface area contributed by atoms with Gasteiger partial charge in [0.25, 0.3) is 0 Å². The van der Waals surface area contributed by atoms with E-state index >= 15 is 0 Å². The van der Waals surface area contributed by atoms with Crippen molar-refractivity contribution < 1.29 is 24.3 Å². The van der Waals surface area contributed by atoms with Gasteiger partial charge in [-0.05, 0) is 54.9 Å². The molecule has 8 heteroatoms. The molecule has 0 unspecified atom stereocenters. The number of hydroxylamine groups is 1. The Balaban J connectivity index is 1.65. The Kier molecular flexibility index (Phi) is 4.01. The highest BCUT2D eigenvalue weighted by atomic mass is 16.7. The summed E-state index contributed by atoms with van der Waals surface area (Å²) < 4.78 is 7.29. The average molecular weight is 395 g/mol. The number of rotatable bonds is 4.